The Morgan fingerprint density at radius 3 is 2.67 bits per heavy atom. The van der Waals surface area contributed by atoms with Crippen LogP contribution in [0.5, 0.6) is 0 Å². The molecule has 0 saturated carbocycles. The third-order valence-electron chi connectivity index (χ3n) is 2.78. The van der Waals surface area contributed by atoms with Crippen molar-refractivity contribution in [2.75, 3.05) is 30.8 Å². The highest BCUT2D eigenvalue weighted by atomic mass is 16.2. The quantitative estimate of drug-likeness (QED) is 0.782. The van der Waals surface area contributed by atoms with Gasteiger partial charge in [-0.3, -0.25) is 4.79 Å². The number of benzene rings is 1. The maximum Gasteiger partial charge on any atom is 0.239 e. The molecule has 0 aliphatic heterocycles. The Hall–Kier alpha value is -1.71. The van der Waals surface area contributed by atoms with Gasteiger partial charge in [0, 0.05) is 25.0 Å². The average molecular weight is 249 g/mol. The number of nitrogens with two attached hydrogens (primary N) is 1. The highest BCUT2D eigenvalue weighted by Crippen LogP contribution is 2.19. The maximum absolute atomic E-state index is 11.7. The number of hydrogen-bond donors (Lipinski definition) is 2. The molecule has 0 saturated heterocycles. The summed E-state index contributed by atoms with van der Waals surface area (Å²) >= 11 is 0. The van der Waals surface area contributed by atoms with Crippen LogP contribution in [0.4, 0.5) is 11.4 Å². The summed E-state index contributed by atoms with van der Waals surface area (Å²) in [6.45, 7) is 7.19. The minimum absolute atomic E-state index is 0.0423. The molecular formula is C14H23N3O. The van der Waals surface area contributed by atoms with Crippen molar-refractivity contribution in [1.29, 1.82) is 0 Å². The first-order valence-electron chi connectivity index (χ1n) is 6.24. The first-order chi connectivity index (χ1) is 8.40. The Balaban J connectivity index is 2.56. The molecule has 0 aliphatic carbocycles. The fraction of sp³-hybridized carbons (Fsp3) is 0.500. The molecule has 4 nitrogen and oxygen atoms in total. The van der Waals surface area contributed by atoms with Crippen molar-refractivity contribution >= 4 is 17.3 Å². The molecular weight excluding hydrogens is 226 g/mol. The second-order valence-corrected chi connectivity index (χ2v) is 5.09. The molecule has 0 heterocycles. The van der Waals surface area contributed by atoms with Crippen LogP contribution in [0.25, 0.3) is 0 Å². The van der Waals surface area contributed by atoms with Crippen molar-refractivity contribution in [3.05, 3.63) is 23.8 Å². The topological polar surface area (TPSA) is 58.4 Å². The number of carbonyl (C=O) groups excluding carboxylic acids is 1. The molecule has 0 spiro atoms. The van der Waals surface area contributed by atoms with Gasteiger partial charge in [-0.25, -0.2) is 0 Å². The van der Waals surface area contributed by atoms with E-state index >= 15 is 0 Å². The lowest BCUT2D eigenvalue weighted by atomic mass is 10.1. The first kappa shape index (κ1) is 14.4. The summed E-state index contributed by atoms with van der Waals surface area (Å²) in [5.41, 5.74) is 8.58. The molecule has 0 bridgehead atoms. The van der Waals surface area contributed by atoms with E-state index in [9.17, 15) is 4.79 Å². The van der Waals surface area contributed by atoms with Gasteiger partial charge < -0.3 is 16.0 Å². The minimum Gasteiger partial charge on any atom is -0.399 e. The van der Waals surface area contributed by atoms with E-state index in [4.69, 9.17) is 5.73 Å². The predicted molar refractivity (Wildman–Crippen MR) is 76.7 cm³/mol. The molecule has 0 aliphatic rings. The third-order valence-corrected chi connectivity index (χ3v) is 2.78. The van der Waals surface area contributed by atoms with E-state index in [-0.39, 0.29) is 5.91 Å². The smallest absolute Gasteiger partial charge is 0.239 e. The van der Waals surface area contributed by atoms with Gasteiger partial charge in [0.2, 0.25) is 5.91 Å². The van der Waals surface area contributed by atoms with Gasteiger partial charge in [-0.05, 0) is 36.6 Å². The Morgan fingerprint density at radius 1 is 1.44 bits per heavy atom. The summed E-state index contributed by atoms with van der Waals surface area (Å²) in [5, 5.41) is 2.90. The van der Waals surface area contributed by atoms with Gasteiger partial charge in [0.1, 0.15) is 0 Å². The molecule has 0 atom stereocenters. The highest BCUT2D eigenvalue weighted by Gasteiger charge is 2.08. The summed E-state index contributed by atoms with van der Waals surface area (Å²) in [4.78, 5) is 13.6. The third kappa shape index (κ3) is 4.28. The van der Waals surface area contributed by atoms with Crippen LogP contribution in [0.15, 0.2) is 18.2 Å². The SMILES string of the molecule is Cc1cc(N(C)CC(=O)NCC(C)C)ccc1N. The molecule has 1 aromatic carbocycles. The molecule has 0 fully saturated rings. The van der Waals surface area contributed by atoms with Gasteiger partial charge in [0.25, 0.3) is 0 Å². The molecule has 4 heteroatoms. The molecule has 100 valence electrons. The van der Waals surface area contributed by atoms with Gasteiger partial charge in [0.05, 0.1) is 6.54 Å². The highest BCUT2D eigenvalue weighted by molar-refractivity contribution is 5.81. The fourth-order valence-corrected chi connectivity index (χ4v) is 1.58. The van der Waals surface area contributed by atoms with Gasteiger partial charge >= 0.3 is 0 Å². The van der Waals surface area contributed by atoms with Crippen molar-refractivity contribution in [2.45, 2.75) is 20.8 Å². The van der Waals surface area contributed by atoms with Gasteiger partial charge in [-0.2, -0.15) is 0 Å². The second-order valence-electron chi connectivity index (χ2n) is 5.09. The lowest BCUT2D eigenvalue weighted by molar-refractivity contribution is -0.119. The van der Waals surface area contributed by atoms with Gasteiger partial charge in [-0.15, -0.1) is 0 Å². The van der Waals surface area contributed by atoms with Gasteiger partial charge in [0.15, 0.2) is 0 Å². The monoisotopic (exact) mass is 249 g/mol. The van der Waals surface area contributed by atoms with Crippen LogP contribution in [0, 0.1) is 12.8 Å². The summed E-state index contributed by atoms with van der Waals surface area (Å²) in [6.07, 6.45) is 0. The van der Waals surface area contributed by atoms with Crippen LogP contribution < -0.4 is 16.0 Å². The number of hydrogen-bond acceptors (Lipinski definition) is 3. The number of rotatable bonds is 5. The molecule has 3 N–H and O–H groups in total. The van der Waals surface area contributed by atoms with Crippen LogP contribution in [0.3, 0.4) is 0 Å². The minimum atomic E-state index is 0.0423. The fourth-order valence-electron chi connectivity index (χ4n) is 1.58. The Morgan fingerprint density at radius 2 is 2.11 bits per heavy atom. The molecule has 0 radical (unpaired) electrons. The Labute approximate surface area is 109 Å². The summed E-state index contributed by atoms with van der Waals surface area (Å²) in [5.74, 6) is 0.513. The lowest BCUT2D eigenvalue weighted by Gasteiger charge is -2.20. The van der Waals surface area contributed by atoms with E-state index in [1.807, 2.05) is 37.1 Å². The molecule has 1 rings (SSSR count). The van der Waals surface area contributed by atoms with Crippen molar-refractivity contribution in [2.24, 2.45) is 5.92 Å². The number of aryl methyl sites for hydroxylation is 1. The van der Waals surface area contributed by atoms with Crippen molar-refractivity contribution in [3.63, 3.8) is 0 Å². The largest absolute Gasteiger partial charge is 0.399 e. The number of nitrogen functional groups attached to an aromatic ring is 1. The molecule has 1 aromatic rings. The molecule has 0 aromatic heterocycles. The zero-order valence-electron chi connectivity index (χ0n) is 11.7. The van der Waals surface area contributed by atoms with Crippen molar-refractivity contribution in [1.82, 2.24) is 5.32 Å². The van der Waals surface area contributed by atoms with Crippen molar-refractivity contribution < 1.29 is 4.79 Å². The van der Waals surface area contributed by atoms with E-state index in [0.29, 0.717) is 19.0 Å². The van der Waals surface area contributed by atoms with Crippen molar-refractivity contribution in [3.8, 4) is 0 Å². The van der Waals surface area contributed by atoms with Crippen LogP contribution in [-0.4, -0.2) is 26.0 Å². The number of amides is 1. The zero-order valence-corrected chi connectivity index (χ0v) is 11.7. The first-order valence-corrected chi connectivity index (χ1v) is 6.24. The number of nitrogens with one attached hydrogen (secondary N) is 1. The van der Waals surface area contributed by atoms with Gasteiger partial charge in [-0.1, -0.05) is 13.8 Å². The van der Waals surface area contributed by atoms with Crippen LogP contribution in [0.2, 0.25) is 0 Å². The van der Waals surface area contributed by atoms with E-state index < -0.39 is 0 Å². The lowest BCUT2D eigenvalue weighted by Crippen LogP contribution is -2.36. The standard InChI is InChI=1S/C14H23N3O/c1-10(2)8-16-14(18)9-17(4)12-5-6-13(15)11(3)7-12/h5-7,10H,8-9,15H2,1-4H3,(H,16,18). The van der Waals surface area contributed by atoms with E-state index in [1.54, 1.807) is 0 Å². The Bertz CT molecular complexity index is 416. The number of nitrogens with zero attached hydrogens (tertiary/aromatic N) is 1. The predicted octanol–water partition coefficient (Wildman–Crippen LogP) is 1.79. The summed E-state index contributed by atoms with van der Waals surface area (Å²) < 4.78 is 0. The number of carbonyl (C=O) groups is 1. The van der Waals surface area contributed by atoms with E-state index in [1.165, 1.54) is 0 Å². The second kappa shape index (κ2) is 6.28. The van der Waals surface area contributed by atoms with E-state index in [2.05, 4.69) is 19.2 Å². The van der Waals surface area contributed by atoms with Crippen LogP contribution >= 0.6 is 0 Å². The summed E-state index contributed by atoms with van der Waals surface area (Å²) in [7, 11) is 1.90. The number of likely N-dealkylation sites (N-methyl/N-ethyl adjacent to an activating group) is 1. The molecule has 0 unspecified atom stereocenters. The number of anilines is 2. The molecule has 1 amide bonds. The normalized spacial score (nSPS) is 10.5. The summed E-state index contributed by atoms with van der Waals surface area (Å²) in [6, 6.07) is 5.79. The maximum atomic E-state index is 11.7. The zero-order chi connectivity index (χ0) is 13.7. The molecule has 18 heavy (non-hydrogen) atoms. The Kier molecular flexibility index (Phi) is 5.01. The van der Waals surface area contributed by atoms with E-state index in [0.717, 1.165) is 16.9 Å². The van der Waals surface area contributed by atoms with Crippen LogP contribution in [0.1, 0.15) is 19.4 Å². The average Bonchev–Trinajstić information content (AvgIpc) is 2.30. The van der Waals surface area contributed by atoms with Crippen LogP contribution in [-0.2, 0) is 4.79 Å².